The van der Waals surface area contributed by atoms with Gasteiger partial charge in [-0.25, -0.2) is 0 Å². The van der Waals surface area contributed by atoms with E-state index in [1.807, 2.05) is 0 Å². The molecule has 0 unspecified atom stereocenters. The molecule has 0 aliphatic carbocycles. The van der Waals surface area contributed by atoms with Crippen molar-refractivity contribution >= 4 is 27.5 Å². The maximum Gasteiger partial charge on any atom is 0.0235 e. The van der Waals surface area contributed by atoms with Crippen molar-refractivity contribution in [2.75, 3.05) is 19.0 Å². The normalized spacial score (nSPS) is 11.8. The Balaban J connectivity index is 2.71. The van der Waals surface area contributed by atoms with Gasteiger partial charge < -0.3 is 5.32 Å². The monoisotopic (exact) mass is 317 g/mol. The molecule has 0 bridgehead atoms. The van der Waals surface area contributed by atoms with Crippen LogP contribution in [0.15, 0.2) is 22.7 Å². The second kappa shape index (κ2) is 6.77. The van der Waals surface area contributed by atoms with Crippen molar-refractivity contribution in [2.45, 2.75) is 32.6 Å². The van der Waals surface area contributed by atoms with Crippen LogP contribution in [0.4, 0.5) is 0 Å². The van der Waals surface area contributed by atoms with Crippen LogP contribution in [0.5, 0.6) is 0 Å². The van der Waals surface area contributed by atoms with Gasteiger partial charge in [-0.2, -0.15) is 0 Å². The van der Waals surface area contributed by atoms with E-state index in [0.717, 1.165) is 29.9 Å². The number of alkyl halides is 1. The Morgan fingerprint density at radius 1 is 1.35 bits per heavy atom. The lowest BCUT2D eigenvalue weighted by Crippen LogP contribution is -2.34. The number of hydrogen-bond acceptors (Lipinski definition) is 1. The molecule has 0 fully saturated rings. The highest BCUT2D eigenvalue weighted by Crippen LogP contribution is 2.28. The van der Waals surface area contributed by atoms with Gasteiger partial charge in [0.1, 0.15) is 0 Å². The topological polar surface area (TPSA) is 12.0 Å². The van der Waals surface area contributed by atoms with Crippen LogP contribution in [0.1, 0.15) is 31.4 Å². The number of hydrogen-bond donors (Lipinski definition) is 1. The predicted octanol–water partition coefficient (Wildman–Crippen LogP) is 4.25. The van der Waals surface area contributed by atoms with Gasteiger partial charge in [0.05, 0.1) is 0 Å². The number of benzene rings is 1. The van der Waals surface area contributed by atoms with Crippen LogP contribution in [0.25, 0.3) is 0 Å². The Kier molecular flexibility index (Phi) is 5.98. The number of rotatable bonds is 6. The fourth-order valence-corrected chi connectivity index (χ4v) is 2.51. The van der Waals surface area contributed by atoms with E-state index in [9.17, 15) is 0 Å². The summed E-state index contributed by atoms with van der Waals surface area (Å²) in [4.78, 5) is 0. The zero-order valence-electron chi connectivity index (χ0n) is 10.8. The van der Waals surface area contributed by atoms with Crippen LogP contribution in [0.2, 0.25) is 0 Å². The van der Waals surface area contributed by atoms with Gasteiger partial charge in [-0.3, -0.25) is 0 Å². The summed E-state index contributed by atoms with van der Waals surface area (Å²) in [6.07, 6.45) is 1.02. The molecule has 0 spiro atoms. The van der Waals surface area contributed by atoms with E-state index in [4.69, 9.17) is 11.6 Å². The lowest BCUT2D eigenvalue weighted by atomic mass is 9.82. The maximum atomic E-state index is 5.67. The third kappa shape index (κ3) is 4.61. The molecule has 1 N–H and O–H groups in total. The van der Waals surface area contributed by atoms with E-state index < -0.39 is 0 Å². The molecule has 3 heteroatoms. The molecule has 0 aliphatic heterocycles. The Morgan fingerprint density at radius 2 is 2.06 bits per heavy atom. The first-order valence-electron chi connectivity index (χ1n) is 6.00. The molecule has 0 saturated heterocycles. The SMILES string of the molecule is Cc1ccc(Br)cc1C(C)(C)CNCCCCl. The number of nitrogens with one attached hydrogen (secondary N) is 1. The summed E-state index contributed by atoms with van der Waals surface area (Å²) in [6.45, 7) is 8.67. The molecule has 0 heterocycles. The quantitative estimate of drug-likeness (QED) is 0.610. The van der Waals surface area contributed by atoms with Crippen molar-refractivity contribution in [3.8, 4) is 0 Å². The minimum absolute atomic E-state index is 0.139. The predicted molar refractivity (Wildman–Crippen MR) is 80.1 cm³/mol. The van der Waals surface area contributed by atoms with Gasteiger partial charge in [-0.05, 0) is 43.1 Å². The fourth-order valence-electron chi connectivity index (χ4n) is 2.01. The van der Waals surface area contributed by atoms with Gasteiger partial charge in [-0.15, -0.1) is 11.6 Å². The van der Waals surface area contributed by atoms with Gasteiger partial charge in [-0.1, -0.05) is 35.8 Å². The number of aryl methyl sites for hydroxylation is 1. The summed E-state index contributed by atoms with van der Waals surface area (Å²) in [5, 5.41) is 3.47. The van der Waals surface area contributed by atoms with Crippen LogP contribution in [-0.2, 0) is 5.41 Å². The second-order valence-corrected chi connectivity index (χ2v) is 6.36. The molecule has 1 aromatic rings. The largest absolute Gasteiger partial charge is 0.316 e. The Labute approximate surface area is 118 Å². The lowest BCUT2D eigenvalue weighted by Gasteiger charge is -2.28. The van der Waals surface area contributed by atoms with Crippen molar-refractivity contribution in [1.29, 1.82) is 0 Å². The molecule has 0 saturated carbocycles. The van der Waals surface area contributed by atoms with Crippen LogP contribution < -0.4 is 5.32 Å². The van der Waals surface area contributed by atoms with E-state index in [1.165, 1.54) is 11.1 Å². The van der Waals surface area contributed by atoms with Crippen molar-refractivity contribution in [3.63, 3.8) is 0 Å². The minimum Gasteiger partial charge on any atom is -0.316 e. The smallest absolute Gasteiger partial charge is 0.0235 e. The highest BCUT2D eigenvalue weighted by Gasteiger charge is 2.22. The van der Waals surface area contributed by atoms with Crippen molar-refractivity contribution < 1.29 is 0 Å². The van der Waals surface area contributed by atoms with Crippen LogP contribution in [0.3, 0.4) is 0 Å². The van der Waals surface area contributed by atoms with Gasteiger partial charge in [0.25, 0.3) is 0 Å². The van der Waals surface area contributed by atoms with Gasteiger partial charge >= 0.3 is 0 Å². The molecule has 17 heavy (non-hydrogen) atoms. The van der Waals surface area contributed by atoms with E-state index in [0.29, 0.717) is 0 Å². The Bertz CT molecular complexity index is 363. The molecule has 96 valence electrons. The Morgan fingerprint density at radius 3 is 2.71 bits per heavy atom. The summed E-state index contributed by atoms with van der Waals surface area (Å²) in [7, 11) is 0. The zero-order valence-corrected chi connectivity index (χ0v) is 13.2. The average Bonchev–Trinajstić information content (AvgIpc) is 2.28. The third-order valence-corrected chi connectivity index (χ3v) is 3.74. The minimum atomic E-state index is 0.139. The summed E-state index contributed by atoms with van der Waals surface area (Å²) in [5.74, 6) is 0.726. The molecular formula is C14H21BrClN. The van der Waals surface area contributed by atoms with Crippen LogP contribution >= 0.6 is 27.5 Å². The summed E-state index contributed by atoms with van der Waals surface area (Å²) in [6, 6.07) is 6.48. The zero-order chi connectivity index (χ0) is 12.9. The van der Waals surface area contributed by atoms with Crippen molar-refractivity contribution in [3.05, 3.63) is 33.8 Å². The standard InChI is InChI=1S/C14H21BrClN/c1-11-5-6-12(15)9-13(11)14(2,3)10-17-8-4-7-16/h5-6,9,17H,4,7-8,10H2,1-3H3. The van der Waals surface area contributed by atoms with E-state index in [2.05, 4.69) is 60.2 Å². The van der Waals surface area contributed by atoms with E-state index >= 15 is 0 Å². The highest BCUT2D eigenvalue weighted by molar-refractivity contribution is 9.10. The molecule has 0 aliphatic rings. The lowest BCUT2D eigenvalue weighted by molar-refractivity contribution is 0.467. The summed E-state index contributed by atoms with van der Waals surface area (Å²) >= 11 is 9.21. The first-order valence-corrected chi connectivity index (χ1v) is 7.33. The summed E-state index contributed by atoms with van der Waals surface area (Å²) < 4.78 is 1.15. The van der Waals surface area contributed by atoms with Crippen molar-refractivity contribution in [2.24, 2.45) is 0 Å². The molecule has 0 aromatic heterocycles. The van der Waals surface area contributed by atoms with Gasteiger partial charge in [0.2, 0.25) is 0 Å². The molecule has 0 atom stereocenters. The molecule has 0 amide bonds. The van der Waals surface area contributed by atoms with Gasteiger partial charge in [0.15, 0.2) is 0 Å². The molecule has 1 aromatic carbocycles. The van der Waals surface area contributed by atoms with E-state index in [-0.39, 0.29) is 5.41 Å². The molecule has 1 rings (SSSR count). The molecule has 0 radical (unpaired) electrons. The molecular weight excluding hydrogens is 298 g/mol. The summed E-state index contributed by atoms with van der Waals surface area (Å²) in [5.41, 5.74) is 2.88. The fraction of sp³-hybridized carbons (Fsp3) is 0.571. The number of halogens is 2. The highest BCUT2D eigenvalue weighted by atomic mass is 79.9. The average molecular weight is 319 g/mol. The van der Waals surface area contributed by atoms with E-state index in [1.54, 1.807) is 0 Å². The van der Waals surface area contributed by atoms with Crippen molar-refractivity contribution in [1.82, 2.24) is 5.32 Å². The third-order valence-electron chi connectivity index (χ3n) is 2.98. The van der Waals surface area contributed by atoms with Gasteiger partial charge in [0, 0.05) is 22.3 Å². The second-order valence-electron chi connectivity index (χ2n) is 5.06. The van der Waals surface area contributed by atoms with Crippen LogP contribution in [0, 0.1) is 6.92 Å². The first-order chi connectivity index (χ1) is 7.97. The van der Waals surface area contributed by atoms with Crippen LogP contribution in [-0.4, -0.2) is 19.0 Å². The molecule has 1 nitrogen and oxygen atoms in total. The Hall–Kier alpha value is -0.0500. The maximum absolute atomic E-state index is 5.67. The first kappa shape index (κ1) is 15.0.